The van der Waals surface area contributed by atoms with Crippen LogP contribution in [0.25, 0.3) is 0 Å². The van der Waals surface area contributed by atoms with E-state index in [1.165, 1.54) is 24.3 Å². The van der Waals surface area contributed by atoms with Crippen LogP contribution in [0.15, 0.2) is 72.8 Å². The Balaban J connectivity index is 2.03. The number of nitrogens with zero attached hydrogens (tertiary/aromatic N) is 2. The first-order valence-corrected chi connectivity index (χ1v) is 10.7. The van der Waals surface area contributed by atoms with Crippen molar-refractivity contribution >= 4 is 17.1 Å². The molecule has 1 N–H and O–H groups in total. The molecular formula is C25H22F8N2O2. The fourth-order valence-corrected chi connectivity index (χ4v) is 3.35. The van der Waals surface area contributed by atoms with Gasteiger partial charge in [-0.1, -0.05) is 24.3 Å². The maximum absolute atomic E-state index is 14.0. The molecular weight excluding hydrogens is 512 g/mol. The summed E-state index contributed by atoms with van der Waals surface area (Å²) in [5.41, 5.74) is -1.13. The first kappa shape index (κ1) is 28.0. The van der Waals surface area contributed by atoms with Crippen LogP contribution in [0.5, 0.6) is 11.5 Å². The van der Waals surface area contributed by atoms with E-state index >= 15 is 0 Å². The Bertz CT molecular complexity index is 1210. The van der Waals surface area contributed by atoms with Crippen LogP contribution >= 0.6 is 0 Å². The number of hydrogen-bond acceptors (Lipinski definition) is 4. The summed E-state index contributed by atoms with van der Waals surface area (Å²) in [6.45, 7) is -1.18. The van der Waals surface area contributed by atoms with Crippen molar-refractivity contribution < 1.29 is 45.0 Å². The van der Waals surface area contributed by atoms with Crippen molar-refractivity contribution in [3.8, 4) is 11.5 Å². The molecule has 37 heavy (non-hydrogen) atoms. The highest BCUT2D eigenvalue weighted by atomic mass is 19.4. The highest BCUT2D eigenvalue weighted by molar-refractivity contribution is 5.66. The molecule has 3 aromatic rings. The Hall–Kier alpha value is -3.54. The van der Waals surface area contributed by atoms with Crippen molar-refractivity contribution in [2.75, 3.05) is 30.4 Å². The predicted octanol–water partition coefficient (Wildman–Crippen LogP) is 7.26. The number of benzene rings is 3. The maximum atomic E-state index is 14.0. The zero-order valence-corrected chi connectivity index (χ0v) is 19.5. The van der Waals surface area contributed by atoms with Gasteiger partial charge in [0.2, 0.25) is 0 Å². The fraction of sp³-hybridized carbons (Fsp3) is 0.280. The van der Waals surface area contributed by atoms with Gasteiger partial charge in [-0.2, -0.15) is 35.1 Å². The minimum Gasteiger partial charge on any atom is -0.457 e. The topological polar surface area (TPSA) is 35.9 Å². The van der Waals surface area contributed by atoms with Crippen LogP contribution in [-0.4, -0.2) is 44.2 Å². The zero-order valence-electron chi connectivity index (χ0n) is 19.5. The number of anilines is 3. The second-order valence-corrected chi connectivity index (χ2v) is 8.28. The second-order valence-electron chi connectivity index (χ2n) is 8.28. The van der Waals surface area contributed by atoms with Crippen LogP contribution in [-0.2, 0) is 5.92 Å². The SMILES string of the molecule is CN(C)c1cccc(Oc2cccc(N(CC(O)C(F)(F)F)c3cccc(C(F)(F)C(F)(F)F)c3)c2)c1. The lowest BCUT2D eigenvalue weighted by Crippen LogP contribution is -2.39. The van der Waals surface area contributed by atoms with Gasteiger partial charge in [0.05, 0.1) is 6.54 Å². The van der Waals surface area contributed by atoms with Crippen LogP contribution in [0.3, 0.4) is 0 Å². The normalized spacial score (nSPS) is 13.3. The minimum absolute atomic E-state index is 0.0444. The molecule has 200 valence electrons. The molecule has 0 aliphatic heterocycles. The van der Waals surface area contributed by atoms with E-state index in [1.807, 2.05) is 11.0 Å². The number of aliphatic hydroxyl groups excluding tert-OH is 1. The largest absolute Gasteiger partial charge is 0.458 e. The van der Waals surface area contributed by atoms with Gasteiger partial charge in [0.15, 0.2) is 6.10 Å². The summed E-state index contributed by atoms with van der Waals surface area (Å²) in [6.07, 6.45) is -13.9. The molecule has 3 aromatic carbocycles. The molecule has 0 radical (unpaired) electrons. The van der Waals surface area contributed by atoms with Crippen molar-refractivity contribution in [2.24, 2.45) is 0 Å². The average molecular weight is 534 g/mol. The summed E-state index contributed by atoms with van der Waals surface area (Å²) in [4.78, 5) is 2.60. The highest BCUT2D eigenvalue weighted by Crippen LogP contribution is 2.45. The van der Waals surface area contributed by atoms with E-state index in [2.05, 4.69) is 0 Å². The number of rotatable bonds is 8. The van der Waals surface area contributed by atoms with Gasteiger partial charge in [0, 0.05) is 48.9 Å². The monoisotopic (exact) mass is 534 g/mol. The summed E-state index contributed by atoms with van der Waals surface area (Å²) in [5.74, 6) is -4.71. The molecule has 0 amide bonds. The number of halogens is 8. The van der Waals surface area contributed by atoms with E-state index in [-0.39, 0.29) is 11.4 Å². The summed E-state index contributed by atoms with van der Waals surface area (Å²) in [6, 6.07) is 15.2. The third kappa shape index (κ3) is 6.62. The van der Waals surface area contributed by atoms with E-state index in [1.54, 1.807) is 32.3 Å². The van der Waals surface area contributed by atoms with E-state index in [0.717, 1.165) is 22.7 Å². The Morgan fingerprint density at radius 3 is 1.73 bits per heavy atom. The van der Waals surface area contributed by atoms with Crippen molar-refractivity contribution in [1.82, 2.24) is 0 Å². The molecule has 0 bridgehead atoms. The summed E-state index contributed by atoms with van der Waals surface area (Å²) in [7, 11) is 3.61. The molecule has 3 rings (SSSR count). The van der Waals surface area contributed by atoms with Crippen LogP contribution < -0.4 is 14.5 Å². The molecule has 0 aromatic heterocycles. The van der Waals surface area contributed by atoms with Gasteiger partial charge < -0.3 is 19.6 Å². The number of hydrogen-bond donors (Lipinski definition) is 1. The summed E-state index contributed by atoms with van der Waals surface area (Å²) >= 11 is 0. The quantitative estimate of drug-likeness (QED) is 0.309. The molecule has 0 heterocycles. The highest BCUT2D eigenvalue weighted by Gasteiger charge is 2.58. The van der Waals surface area contributed by atoms with E-state index in [0.29, 0.717) is 17.9 Å². The Morgan fingerprint density at radius 2 is 1.22 bits per heavy atom. The summed E-state index contributed by atoms with van der Waals surface area (Å²) < 4.78 is 112. The second kappa shape index (κ2) is 10.4. The van der Waals surface area contributed by atoms with Gasteiger partial charge in [0.25, 0.3) is 0 Å². The van der Waals surface area contributed by atoms with Crippen LogP contribution in [0.2, 0.25) is 0 Å². The van der Waals surface area contributed by atoms with E-state index in [4.69, 9.17) is 4.74 Å². The molecule has 0 saturated carbocycles. The van der Waals surface area contributed by atoms with Gasteiger partial charge in [-0.05, 0) is 36.4 Å². The third-order valence-electron chi connectivity index (χ3n) is 5.31. The first-order chi connectivity index (χ1) is 17.1. The molecule has 12 heteroatoms. The van der Waals surface area contributed by atoms with E-state index in [9.17, 15) is 40.2 Å². The molecule has 0 aliphatic rings. The van der Waals surface area contributed by atoms with Gasteiger partial charge >= 0.3 is 18.3 Å². The van der Waals surface area contributed by atoms with E-state index < -0.39 is 42.2 Å². The third-order valence-corrected chi connectivity index (χ3v) is 5.31. The Labute approximate surface area is 207 Å². The van der Waals surface area contributed by atoms with Crippen molar-refractivity contribution in [2.45, 2.75) is 24.4 Å². The van der Waals surface area contributed by atoms with Crippen molar-refractivity contribution in [3.05, 3.63) is 78.4 Å². The van der Waals surface area contributed by atoms with Crippen LogP contribution in [0, 0.1) is 0 Å². The Kier molecular flexibility index (Phi) is 7.91. The lowest BCUT2D eigenvalue weighted by molar-refractivity contribution is -0.289. The van der Waals surface area contributed by atoms with Crippen LogP contribution in [0.1, 0.15) is 5.56 Å². The van der Waals surface area contributed by atoms with Crippen molar-refractivity contribution in [1.29, 1.82) is 0 Å². The fourth-order valence-electron chi connectivity index (χ4n) is 3.35. The minimum atomic E-state index is -5.92. The maximum Gasteiger partial charge on any atom is 0.458 e. The smallest absolute Gasteiger partial charge is 0.457 e. The number of alkyl halides is 8. The Morgan fingerprint density at radius 1 is 0.730 bits per heavy atom. The summed E-state index contributed by atoms with van der Waals surface area (Å²) in [5, 5.41) is 9.69. The molecule has 1 unspecified atom stereocenters. The van der Waals surface area contributed by atoms with Gasteiger partial charge in [0.1, 0.15) is 11.5 Å². The number of ether oxygens (including phenoxy) is 1. The van der Waals surface area contributed by atoms with Crippen molar-refractivity contribution in [3.63, 3.8) is 0 Å². The molecule has 4 nitrogen and oxygen atoms in total. The molecule has 0 aliphatic carbocycles. The molecule has 0 spiro atoms. The molecule has 0 fully saturated rings. The molecule has 1 atom stereocenters. The lowest BCUT2D eigenvalue weighted by Gasteiger charge is -2.30. The first-order valence-electron chi connectivity index (χ1n) is 10.7. The average Bonchev–Trinajstić information content (AvgIpc) is 2.81. The molecule has 0 saturated heterocycles. The van der Waals surface area contributed by atoms with Crippen LogP contribution in [0.4, 0.5) is 52.2 Å². The standard InChI is InChI=1S/C25H22F8N2O2/c1-34(2)17-7-4-10-20(13-17)37-21-11-5-9-19(14-21)35(15-22(36)24(28,29)30)18-8-3-6-16(12-18)23(26,27)25(31,32)33/h3-14,22,36H,15H2,1-2H3. The zero-order chi connectivity index (χ0) is 27.6. The van der Waals surface area contributed by atoms with Gasteiger partial charge in [-0.3, -0.25) is 0 Å². The number of aliphatic hydroxyl groups is 1. The predicted molar refractivity (Wildman–Crippen MR) is 123 cm³/mol. The van der Waals surface area contributed by atoms with Gasteiger partial charge in [-0.15, -0.1) is 0 Å². The lowest BCUT2D eigenvalue weighted by atomic mass is 10.1. The van der Waals surface area contributed by atoms with Gasteiger partial charge in [-0.25, -0.2) is 0 Å².